The van der Waals surface area contributed by atoms with Crippen LogP contribution in [-0.4, -0.2) is 12.2 Å². The normalized spacial score (nSPS) is 10.1. The van der Waals surface area contributed by atoms with Gasteiger partial charge >= 0.3 is 0 Å². The molecule has 0 aliphatic heterocycles. The van der Waals surface area contributed by atoms with Crippen molar-refractivity contribution in [3.8, 4) is 17.6 Å². The van der Waals surface area contributed by atoms with Crippen molar-refractivity contribution in [3.05, 3.63) is 59.2 Å². The average molecular weight is 268 g/mol. The number of aliphatic hydroxyl groups is 1. The minimum Gasteiger partial charge on any atom is -0.456 e. The summed E-state index contributed by atoms with van der Waals surface area (Å²) in [5.74, 6) is 1.06. The predicted octanol–water partition coefficient (Wildman–Crippen LogP) is 2.56. The van der Waals surface area contributed by atoms with E-state index >= 15 is 0 Å². The summed E-state index contributed by atoms with van der Waals surface area (Å²) < 4.78 is 5.75. The molecule has 0 saturated heterocycles. The van der Waals surface area contributed by atoms with Crippen LogP contribution < -0.4 is 10.1 Å². The molecule has 0 aromatic heterocycles. The Hall–Kier alpha value is -2.35. The van der Waals surface area contributed by atoms with Crippen molar-refractivity contribution in [2.45, 2.75) is 13.2 Å². The third kappa shape index (κ3) is 3.15. The lowest BCUT2D eigenvalue weighted by atomic mass is 10.1. The standard InChI is InChI=1S/C16H16N2O2/c1-18-10-12-6-7-16(14(8-12)9-17)20-15-5-3-2-4-13(15)11-19/h2-8,18-19H,10-11H2,1H3. The molecular weight excluding hydrogens is 252 g/mol. The van der Waals surface area contributed by atoms with Gasteiger partial charge in [0, 0.05) is 12.1 Å². The van der Waals surface area contributed by atoms with Gasteiger partial charge in [-0.15, -0.1) is 0 Å². The minimum absolute atomic E-state index is 0.101. The number of nitriles is 1. The molecular formula is C16H16N2O2. The van der Waals surface area contributed by atoms with Gasteiger partial charge in [-0.1, -0.05) is 24.3 Å². The molecule has 102 valence electrons. The van der Waals surface area contributed by atoms with Gasteiger partial charge in [0.05, 0.1) is 12.2 Å². The van der Waals surface area contributed by atoms with Gasteiger partial charge in [0.1, 0.15) is 17.6 Å². The molecule has 0 bridgehead atoms. The number of nitrogens with one attached hydrogen (secondary N) is 1. The van der Waals surface area contributed by atoms with Crippen LogP contribution in [-0.2, 0) is 13.2 Å². The highest BCUT2D eigenvalue weighted by Crippen LogP contribution is 2.28. The molecule has 0 heterocycles. The van der Waals surface area contributed by atoms with Crippen molar-refractivity contribution in [2.75, 3.05) is 7.05 Å². The minimum atomic E-state index is -0.101. The van der Waals surface area contributed by atoms with Gasteiger partial charge in [-0.25, -0.2) is 0 Å². The van der Waals surface area contributed by atoms with E-state index in [-0.39, 0.29) is 6.61 Å². The van der Waals surface area contributed by atoms with E-state index in [1.54, 1.807) is 24.3 Å². The topological polar surface area (TPSA) is 65.3 Å². The van der Waals surface area contributed by atoms with Crippen LogP contribution in [0.4, 0.5) is 0 Å². The summed E-state index contributed by atoms with van der Waals surface area (Å²) in [5.41, 5.74) is 2.19. The third-order valence-corrected chi connectivity index (χ3v) is 2.91. The van der Waals surface area contributed by atoms with E-state index in [0.717, 1.165) is 5.56 Å². The van der Waals surface area contributed by atoms with Gasteiger partial charge in [0.2, 0.25) is 0 Å². The Morgan fingerprint density at radius 2 is 2.00 bits per heavy atom. The fourth-order valence-corrected chi connectivity index (χ4v) is 1.92. The fourth-order valence-electron chi connectivity index (χ4n) is 1.92. The molecule has 0 saturated carbocycles. The van der Waals surface area contributed by atoms with E-state index in [4.69, 9.17) is 4.74 Å². The molecule has 0 unspecified atom stereocenters. The van der Waals surface area contributed by atoms with Crippen molar-refractivity contribution in [3.63, 3.8) is 0 Å². The second-order valence-corrected chi connectivity index (χ2v) is 4.34. The highest BCUT2D eigenvalue weighted by Gasteiger charge is 2.08. The molecule has 4 nitrogen and oxygen atoms in total. The molecule has 2 rings (SSSR count). The van der Waals surface area contributed by atoms with Crippen molar-refractivity contribution < 1.29 is 9.84 Å². The second-order valence-electron chi connectivity index (χ2n) is 4.34. The smallest absolute Gasteiger partial charge is 0.145 e. The molecule has 0 aliphatic rings. The van der Waals surface area contributed by atoms with Crippen molar-refractivity contribution >= 4 is 0 Å². The van der Waals surface area contributed by atoms with Gasteiger partial charge in [0.15, 0.2) is 0 Å². The first-order chi connectivity index (χ1) is 9.78. The highest BCUT2D eigenvalue weighted by molar-refractivity contribution is 5.48. The van der Waals surface area contributed by atoms with Crippen LogP contribution in [0.2, 0.25) is 0 Å². The molecule has 0 aliphatic carbocycles. The van der Waals surface area contributed by atoms with Crippen LogP contribution in [0.15, 0.2) is 42.5 Å². The zero-order chi connectivity index (χ0) is 14.4. The van der Waals surface area contributed by atoms with Gasteiger partial charge in [-0.3, -0.25) is 0 Å². The quantitative estimate of drug-likeness (QED) is 0.874. The largest absolute Gasteiger partial charge is 0.456 e. The van der Waals surface area contributed by atoms with E-state index in [1.165, 1.54) is 0 Å². The molecule has 20 heavy (non-hydrogen) atoms. The Kier molecular flexibility index (Phi) is 4.72. The van der Waals surface area contributed by atoms with E-state index in [2.05, 4.69) is 11.4 Å². The van der Waals surface area contributed by atoms with Gasteiger partial charge in [-0.05, 0) is 30.8 Å². The molecule has 0 radical (unpaired) electrons. The first kappa shape index (κ1) is 14.1. The monoisotopic (exact) mass is 268 g/mol. The van der Waals surface area contributed by atoms with E-state index in [0.29, 0.717) is 29.2 Å². The SMILES string of the molecule is CNCc1ccc(Oc2ccccc2CO)c(C#N)c1. The molecule has 0 amide bonds. The maximum atomic E-state index is 9.28. The Bertz CT molecular complexity index is 633. The summed E-state index contributed by atoms with van der Waals surface area (Å²) in [6.45, 7) is 0.595. The van der Waals surface area contributed by atoms with Gasteiger partial charge in [-0.2, -0.15) is 5.26 Å². The number of nitrogens with zero attached hydrogens (tertiary/aromatic N) is 1. The first-order valence-corrected chi connectivity index (χ1v) is 6.32. The van der Waals surface area contributed by atoms with E-state index in [9.17, 15) is 10.4 Å². The maximum absolute atomic E-state index is 9.28. The average Bonchev–Trinajstić information content (AvgIpc) is 2.49. The van der Waals surface area contributed by atoms with Gasteiger partial charge in [0.25, 0.3) is 0 Å². The van der Waals surface area contributed by atoms with E-state index in [1.807, 2.05) is 25.2 Å². The number of rotatable bonds is 5. The van der Waals surface area contributed by atoms with Crippen molar-refractivity contribution in [1.82, 2.24) is 5.32 Å². The zero-order valence-corrected chi connectivity index (χ0v) is 11.3. The molecule has 4 heteroatoms. The predicted molar refractivity (Wildman–Crippen MR) is 76.4 cm³/mol. The van der Waals surface area contributed by atoms with Gasteiger partial charge < -0.3 is 15.2 Å². The van der Waals surface area contributed by atoms with Crippen molar-refractivity contribution in [2.24, 2.45) is 0 Å². The lowest BCUT2D eigenvalue weighted by Crippen LogP contribution is -2.05. The summed E-state index contributed by atoms with van der Waals surface area (Å²) in [7, 11) is 1.86. The number of hydrogen-bond donors (Lipinski definition) is 2. The number of para-hydroxylation sites is 1. The number of aliphatic hydroxyl groups excluding tert-OH is 1. The summed E-state index contributed by atoms with van der Waals surface area (Å²) >= 11 is 0. The van der Waals surface area contributed by atoms with Crippen LogP contribution >= 0.6 is 0 Å². The third-order valence-electron chi connectivity index (χ3n) is 2.91. The van der Waals surface area contributed by atoms with E-state index < -0.39 is 0 Å². The number of hydrogen-bond acceptors (Lipinski definition) is 4. The molecule has 0 atom stereocenters. The lowest BCUT2D eigenvalue weighted by Gasteiger charge is -2.11. The van der Waals surface area contributed by atoms with Crippen LogP contribution in [0.5, 0.6) is 11.5 Å². The fraction of sp³-hybridized carbons (Fsp3) is 0.188. The second kappa shape index (κ2) is 6.71. The number of benzene rings is 2. The first-order valence-electron chi connectivity index (χ1n) is 6.32. The van der Waals surface area contributed by atoms with Crippen molar-refractivity contribution in [1.29, 1.82) is 5.26 Å². The maximum Gasteiger partial charge on any atom is 0.145 e. The Morgan fingerprint density at radius 3 is 2.70 bits per heavy atom. The summed E-state index contributed by atoms with van der Waals surface area (Å²) in [5, 5.41) is 21.5. The molecule has 2 aromatic rings. The molecule has 2 N–H and O–H groups in total. The highest BCUT2D eigenvalue weighted by atomic mass is 16.5. The summed E-state index contributed by atoms with van der Waals surface area (Å²) in [6.07, 6.45) is 0. The lowest BCUT2D eigenvalue weighted by molar-refractivity contribution is 0.276. The van der Waals surface area contributed by atoms with Crippen LogP contribution in [0.25, 0.3) is 0 Å². The Morgan fingerprint density at radius 1 is 1.20 bits per heavy atom. The van der Waals surface area contributed by atoms with Crippen LogP contribution in [0.1, 0.15) is 16.7 Å². The molecule has 2 aromatic carbocycles. The Balaban J connectivity index is 2.31. The Labute approximate surface area is 118 Å². The zero-order valence-electron chi connectivity index (χ0n) is 11.3. The van der Waals surface area contributed by atoms with Crippen LogP contribution in [0.3, 0.4) is 0 Å². The number of ether oxygens (including phenoxy) is 1. The summed E-state index contributed by atoms with van der Waals surface area (Å²) in [6, 6.07) is 14.8. The summed E-state index contributed by atoms with van der Waals surface area (Å²) in [4.78, 5) is 0. The molecule has 0 fully saturated rings. The molecule has 0 spiro atoms. The van der Waals surface area contributed by atoms with Crippen LogP contribution in [0, 0.1) is 11.3 Å².